The molecule has 0 radical (unpaired) electrons. The maximum absolute atomic E-state index is 7.62. The average Bonchev–Trinajstić information content (AvgIpc) is 3.44. The van der Waals surface area contributed by atoms with Crippen LogP contribution >= 0.6 is 0 Å². The highest BCUT2D eigenvalue weighted by Crippen LogP contribution is 2.61. The smallest absolute Gasteiger partial charge is 0.178 e. The van der Waals surface area contributed by atoms with Crippen LogP contribution in [0.1, 0.15) is 72.8 Å². The Balaban J connectivity index is 1.27. The predicted molar refractivity (Wildman–Crippen MR) is 195 cm³/mol. The van der Waals surface area contributed by atoms with Crippen molar-refractivity contribution >= 4 is 22.5 Å². The Labute approximate surface area is 284 Å². The van der Waals surface area contributed by atoms with E-state index in [1.54, 1.807) is 7.11 Å². The number of morpholine rings is 1. The molecule has 2 aliphatic heterocycles. The van der Waals surface area contributed by atoms with E-state index >= 15 is 0 Å². The summed E-state index contributed by atoms with van der Waals surface area (Å²) in [6.07, 6.45) is 13.6. The molecule has 0 amide bonds. The molecule has 242 valence electrons. The third kappa shape index (κ3) is 4.53. The molecule has 1 unspecified atom stereocenters. The van der Waals surface area contributed by atoms with Crippen LogP contribution in [-0.2, 0) is 15.8 Å². The van der Waals surface area contributed by atoms with Gasteiger partial charge in [0.15, 0.2) is 5.60 Å². The zero-order valence-electron chi connectivity index (χ0n) is 27.8. The predicted octanol–water partition coefficient (Wildman–Crippen LogP) is 10.0. The summed E-state index contributed by atoms with van der Waals surface area (Å²) < 4.78 is 18.8. The Kier molecular flexibility index (Phi) is 7.31. The SMILES string of the molecule is COc1ccc(C2(c3ccc(N4CCOCC4)cc3)C=Cc3c4c(c5ccccc5c3O2)-c2ccccc2C42CCCCCCC2)cc1. The summed E-state index contributed by atoms with van der Waals surface area (Å²) in [4.78, 5) is 2.41. The first-order valence-corrected chi connectivity index (χ1v) is 17.9. The number of hydrogen-bond donors (Lipinski definition) is 0. The number of fused-ring (bicyclic) bond motifs is 10. The highest BCUT2D eigenvalue weighted by atomic mass is 16.5. The molecule has 0 bridgehead atoms. The van der Waals surface area contributed by atoms with Crippen molar-refractivity contribution in [3.63, 3.8) is 0 Å². The van der Waals surface area contributed by atoms with Crippen LogP contribution in [-0.4, -0.2) is 33.4 Å². The molecule has 2 fully saturated rings. The third-order valence-corrected chi connectivity index (χ3v) is 11.5. The molecule has 1 saturated heterocycles. The fourth-order valence-corrected chi connectivity index (χ4v) is 9.21. The summed E-state index contributed by atoms with van der Waals surface area (Å²) in [5, 5.41) is 2.47. The number of hydrogen-bond acceptors (Lipinski definition) is 4. The quantitative estimate of drug-likeness (QED) is 0.197. The van der Waals surface area contributed by atoms with Crippen LogP contribution in [0.25, 0.3) is 28.0 Å². The van der Waals surface area contributed by atoms with Gasteiger partial charge < -0.3 is 19.1 Å². The van der Waals surface area contributed by atoms with Gasteiger partial charge >= 0.3 is 0 Å². The minimum Gasteiger partial charge on any atom is -0.497 e. The van der Waals surface area contributed by atoms with Crippen LogP contribution in [0.4, 0.5) is 5.69 Å². The maximum atomic E-state index is 7.62. The molecule has 0 aromatic heterocycles. The molecule has 0 N–H and O–H groups in total. The lowest BCUT2D eigenvalue weighted by molar-refractivity contribution is 0.122. The van der Waals surface area contributed by atoms with E-state index in [-0.39, 0.29) is 5.41 Å². The lowest BCUT2D eigenvalue weighted by Gasteiger charge is -2.40. The topological polar surface area (TPSA) is 30.9 Å². The van der Waals surface area contributed by atoms with Crippen molar-refractivity contribution in [3.8, 4) is 22.6 Å². The fraction of sp³-hybridized carbons (Fsp3) is 0.318. The van der Waals surface area contributed by atoms with Crippen molar-refractivity contribution in [1.82, 2.24) is 0 Å². The minimum atomic E-state index is -0.806. The van der Waals surface area contributed by atoms with E-state index in [9.17, 15) is 0 Å². The van der Waals surface area contributed by atoms with Gasteiger partial charge in [-0.3, -0.25) is 0 Å². The Hall–Kier alpha value is -4.54. The van der Waals surface area contributed by atoms with Crippen LogP contribution in [0.2, 0.25) is 0 Å². The largest absolute Gasteiger partial charge is 0.497 e. The standard InChI is InChI=1S/C44H43NO3/c1-46-34-21-17-32(18-22-34)44(31-15-19-33(20-16-31)45-27-29-47-30-28-45)26-23-38-41-40(35-11-5-6-12-36(35)42(38)48-44)37-13-7-8-14-39(37)43(41)24-9-3-2-4-10-25-43/h5-8,11-23,26H,2-4,9-10,24-25,27-30H2,1H3. The van der Waals surface area contributed by atoms with Crippen molar-refractivity contribution in [2.75, 3.05) is 38.3 Å². The van der Waals surface area contributed by atoms with E-state index in [4.69, 9.17) is 14.2 Å². The van der Waals surface area contributed by atoms with Crippen LogP contribution in [0.3, 0.4) is 0 Å². The number of methoxy groups -OCH3 is 1. The Morgan fingerprint density at radius 1 is 0.688 bits per heavy atom. The lowest BCUT2D eigenvalue weighted by Crippen LogP contribution is -2.37. The Bertz CT molecular complexity index is 2000. The first-order chi connectivity index (χ1) is 23.7. The second-order valence-electron chi connectivity index (χ2n) is 14.0. The van der Waals surface area contributed by atoms with Crippen molar-refractivity contribution in [3.05, 3.63) is 131 Å². The number of benzene rings is 5. The van der Waals surface area contributed by atoms with E-state index in [0.29, 0.717) is 0 Å². The van der Waals surface area contributed by atoms with Gasteiger partial charge in [-0.25, -0.2) is 0 Å². The number of nitrogens with zero attached hydrogens (tertiary/aromatic N) is 1. The van der Waals surface area contributed by atoms with Gasteiger partial charge in [0.1, 0.15) is 11.5 Å². The number of ether oxygens (including phenoxy) is 3. The second kappa shape index (κ2) is 11.9. The first kappa shape index (κ1) is 29.6. The fourth-order valence-electron chi connectivity index (χ4n) is 9.21. The summed E-state index contributed by atoms with van der Waals surface area (Å²) in [6, 6.07) is 35.6. The molecule has 5 aromatic rings. The molecule has 2 heterocycles. The molecule has 48 heavy (non-hydrogen) atoms. The van der Waals surface area contributed by atoms with Gasteiger partial charge in [0, 0.05) is 46.3 Å². The van der Waals surface area contributed by atoms with Crippen LogP contribution < -0.4 is 14.4 Å². The zero-order valence-corrected chi connectivity index (χ0v) is 27.8. The van der Waals surface area contributed by atoms with Gasteiger partial charge in [0.25, 0.3) is 0 Å². The molecule has 4 heteroatoms. The van der Waals surface area contributed by atoms with Crippen LogP contribution in [0.15, 0.2) is 103 Å². The van der Waals surface area contributed by atoms with E-state index in [0.717, 1.165) is 48.9 Å². The van der Waals surface area contributed by atoms with Crippen molar-refractivity contribution in [2.24, 2.45) is 0 Å². The lowest BCUT2D eigenvalue weighted by atomic mass is 9.67. The van der Waals surface area contributed by atoms with Crippen molar-refractivity contribution in [1.29, 1.82) is 0 Å². The summed E-state index contributed by atoms with van der Waals surface area (Å²) in [5.74, 6) is 1.83. The van der Waals surface area contributed by atoms with Gasteiger partial charge in [-0.05, 0) is 70.8 Å². The van der Waals surface area contributed by atoms with Gasteiger partial charge in [-0.15, -0.1) is 0 Å². The average molecular weight is 634 g/mol. The number of rotatable bonds is 4. The summed E-state index contributed by atoms with van der Waals surface area (Å²) in [7, 11) is 1.72. The number of anilines is 1. The summed E-state index contributed by atoms with van der Waals surface area (Å²) in [5.41, 5.74) is 9.69. The van der Waals surface area contributed by atoms with Crippen LogP contribution in [0, 0.1) is 0 Å². The van der Waals surface area contributed by atoms with Gasteiger partial charge in [-0.1, -0.05) is 111 Å². The highest BCUT2D eigenvalue weighted by molar-refractivity contribution is 6.08. The molecular weight excluding hydrogens is 590 g/mol. The van der Waals surface area contributed by atoms with E-state index < -0.39 is 5.60 Å². The molecule has 2 aliphatic carbocycles. The van der Waals surface area contributed by atoms with Gasteiger partial charge in [0.2, 0.25) is 0 Å². The molecule has 4 nitrogen and oxygen atoms in total. The Morgan fingerprint density at radius 2 is 1.33 bits per heavy atom. The second-order valence-corrected chi connectivity index (χ2v) is 14.0. The highest BCUT2D eigenvalue weighted by Gasteiger charge is 2.48. The van der Waals surface area contributed by atoms with E-state index in [1.165, 1.54) is 89.2 Å². The molecular formula is C44H43NO3. The summed E-state index contributed by atoms with van der Waals surface area (Å²) >= 11 is 0. The zero-order chi connectivity index (χ0) is 32.1. The molecule has 5 aromatic carbocycles. The summed E-state index contributed by atoms with van der Waals surface area (Å²) in [6.45, 7) is 3.35. The normalized spacial score (nSPS) is 21.1. The molecule has 1 atom stereocenters. The minimum absolute atomic E-state index is 0.00587. The monoisotopic (exact) mass is 633 g/mol. The molecule has 1 saturated carbocycles. The molecule has 9 rings (SSSR count). The Morgan fingerprint density at radius 3 is 2.06 bits per heavy atom. The van der Waals surface area contributed by atoms with Gasteiger partial charge in [0.05, 0.1) is 20.3 Å². The maximum Gasteiger partial charge on any atom is 0.178 e. The third-order valence-electron chi connectivity index (χ3n) is 11.5. The van der Waals surface area contributed by atoms with Gasteiger partial charge in [-0.2, -0.15) is 0 Å². The molecule has 1 spiro atoms. The van der Waals surface area contributed by atoms with Crippen molar-refractivity contribution < 1.29 is 14.2 Å². The first-order valence-electron chi connectivity index (χ1n) is 17.9. The van der Waals surface area contributed by atoms with Crippen molar-refractivity contribution in [2.45, 2.75) is 56.0 Å². The van der Waals surface area contributed by atoms with E-state index in [1.807, 2.05) is 12.1 Å². The molecule has 4 aliphatic rings. The van der Waals surface area contributed by atoms with Crippen LogP contribution in [0.5, 0.6) is 11.5 Å². The van der Waals surface area contributed by atoms with E-state index in [2.05, 4.69) is 102 Å².